The largest absolute Gasteiger partial charge is 0.456 e. The van der Waals surface area contributed by atoms with Gasteiger partial charge in [0, 0.05) is 18.3 Å². The van der Waals surface area contributed by atoms with Gasteiger partial charge < -0.3 is 10.1 Å². The quantitative estimate of drug-likeness (QED) is 0.603. The number of amides is 3. The summed E-state index contributed by atoms with van der Waals surface area (Å²) in [5, 5.41) is 4.14. The zero-order valence-corrected chi connectivity index (χ0v) is 12.5. The smallest absolute Gasteiger partial charge is 0.321 e. The maximum Gasteiger partial charge on any atom is 0.321 e. The van der Waals surface area contributed by atoms with Crippen molar-refractivity contribution in [3.05, 3.63) is 21.9 Å². The summed E-state index contributed by atoms with van der Waals surface area (Å²) in [7, 11) is 1.35. The highest BCUT2D eigenvalue weighted by molar-refractivity contribution is 7.14. The van der Waals surface area contributed by atoms with Crippen LogP contribution >= 0.6 is 11.3 Å². The van der Waals surface area contributed by atoms with Gasteiger partial charge in [0.05, 0.1) is 11.3 Å². The predicted molar refractivity (Wildman–Crippen MR) is 76.2 cm³/mol. The molecule has 0 atom stereocenters. The molecule has 0 radical (unpaired) electrons. The van der Waals surface area contributed by atoms with Crippen LogP contribution in [0.4, 0.5) is 4.79 Å². The zero-order valence-electron chi connectivity index (χ0n) is 11.7. The lowest BCUT2D eigenvalue weighted by Crippen LogP contribution is -2.39. The summed E-state index contributed by atoms with van der Waals surface area (Å²) in [6.07, 6.45) is -0.0844. The molecule has 3 amide bonds. The molecule has 0 saturated heterocycles. The van der Waals surface area contributed by atoms with Crippen LogP contribution in [0.15, 0.2) is 12.1 Å². The van der Waals surface area contributed by atoms with Crippen LogP contribution in [-0.4, -0.2) is 37.3 Å². The second-order valence-corrected chi connectivity index (χ2v) is 5.41. The number of ether oxygens (including phenoxy) is 1. The van der Waals surface area contributed by atoms with Crippen LogP contribution in [-0.2, 0) is 14.3 Å². The minimum atomic E-state index is -0.733. The van der Waals surface area contributed by atoms with Crippen molar-refractivity contribution in [2.75, 3.05) is 13.7 Å². The molecule has 1 heterocycles. The summed E-state index contributed by atoms with van der Waals surface area (Å²) in [6, 6.07) is 2.86. The highest BCUT2D eigenvalue weighted by Crippen LogP contribution is 2.17. The van der Waals surface area contributed by atoms with E-state index in [2.05, 4.69) is 10.1 Å². The number of rotatable bonds is 6. The molecular formula is C13H16N2O5S. The van der Waals surface area contributed by atoms with Gasteiger partial charge >= 0.3 is 12.0 Å². The first-order chi connectivity index (χ1) is 9.92. The number of imide groups is 1. The number of hydrogen-bond donors (Lipinski definition) is 2. The van der Waals surface area contributed by atoms with E-state index in [4.69, 9.17) is 0 Å². The van der Waals surface area contributed by atoms with Crippen LogP contribution in [0.2, 0.25) is 0 Å². The molecule has 0 aromatic carbocycles. The molecule has 0 aliphatic rings. The highest BCUT2D eigenvalue weighted by Gasteiger charge is 2.13. The fourth-order valence-corrected chi connectivity index (χ4v) is 2.20. The fraction of sp³-hybridized carbons (Fsp3) is 0.385. The molecule has 114 valence electrons. The summed E-state index contributed by atoms with van der Waals surface area (Å²) in [6.45, 7) is 1.33. The molecule has 0 spiro atoms. The first-order valence-corrected chi connectivity index (χ1v) is 7.01. The van der Waals surface area contributed by atoms with Gasteiger partial charge in [0.1, 0.15) is 0 Å². The van der Waals surface area contributed by atoms with Crippen LogP contribution in [0.25, 0.3) is 0 Å². The number of carbonyl (C=O) groups excluding carboxylic acids is 4. The van der Waals surface area contributed by atoms with Crippen molar-refractivity contribution in [1.29, 1.82) is 0 Å². The molecule has 0 saturated carbocycles. The van der Waals surface area contributed by atoms with Gasteiger partial charge in [0.15, 0.2) is 12.4 Å². The molecule has 0 aliphatic heterocycles. The van der Waals surface area contributed by atoms with Crippen LogP contribution < -0.4 is 10.6 Å². The second-order valence-electron chi connectivity index (χ2n) is 4.12. The Morgan fingerprint density at radius 1 is 1.19 bits per heavy atom. The number of ketones is 1. The van der Waals surface area contributed by atoms with Gasteiger partial charge in [-0.2, -0.15) is 0 Å². The summed E-state index contributed by atoms with van der Waals surface area (Å²) < 4.78 is 4.66. The molecule has 0 unspecified atom stereocenters. The van der Waals surface area contributed by atoms with E-state index in [-0.39, 0.29) is 18.6 Å². The number of Topliss-reactive ketones (excluding diaryl/α,β-unsaturated/α-hetero) is 1. The number of esters is 1. The molecule has 2 N–H and O–H groups in total. The van der Waals surface area contributed by atoms with E-state index in [1.807, 2.05) is 18.3 Å². The van der Waals surface area contributed by atoms with E-state index < -0.39 is 24.5 Å². The van der Waals surface area contributed by atoms with Gasteiger partial charge in [-0.25, -0.2) is 4.79 Å². The Morgan fingerprint density at radius 2 is 1.90 bits per heavy atom. The number of hydrogen-bond acceptors (Lipinski definition) is 6. The Balaban J connectivity index is 2.26. The Bertz CT molecular complexity index is 553. The lowest BCUT2D eigenvalue weighted by atomic mass is 10.2. The Morgan fingerprint density at radius 3 is 2.48 bits per heavy atom. The van der Waals surface area contributed by atoms with Crippen molar-refractivity contribution in [2.45, 2.75) is 19.8 Å². The van der Waals surface area contributed by atoms with E-state index in [1.165, 1.54) is 18.4 Å². The molecular weight excluding hydrogens is 296 g/mol. The normalized spacial score (nSPS) is 9.81. The molecule has 7 nitrogen and oxygen atoms in total. The Hall–Kier alpha value is -2.22. The van der Waals surface area contributed by atoms with Crippen molar-refractivity contribution in [2.24, 2.45) is 0 Å². The van der Waals surface area contributed by atoms with E-state index in [9.17, 15) is 19.2 Å². The highest BCUT2D eigenvalue weighted by atomic mass is 32.1. The minimum Gasteiger partial charge on any atom is -0.456 e. The third-order valence-electron chi connectivity index (χ3n) is 2.42. The maximum atomic E-state index is 11.8. The monoisotopic (exact) mass is 312 g/mol. The predicted octanol–water partition coefficient (Wildman–Crippen LogP) is 1.02. The van der Waals surface area contributed by atoms with E-state index in [0.29, 0.717) is 4.88 Å². The van der Waals surface area contributed by atoms with Crippen molar-refractivity contribution in [1.82, 2.24) is 10.6 Å². The Kier molecular flexibility index (Phi) is 6.54. The molecule has 1 aromatic rings. The van der Waals surface area contributed by atoms with Crippen molar-refractivity contribution >= 4 is 35.0 Å². The van der Waals surface area contributed by atoms with E-state index >= 15 is 0 Å². The molecule has 8 heteroatoms. The average molecular weight is 312 g/mol. The van der Waals surface area contributed by atoms with Crippen LogP contribution in [0.3, 0.4) is 0 Å². The lowest BCUT2D eigenvalue weighted by molar-refractivity contribution is -0.148. The molecule has 1 rings (SSSR count). The first kappa shape index (κ1) is 16.8. The van der Waals surface area contributed by atoms with Gasteiger partial charge in [-0.15, -0.1) is 11.3 Å². The Labute approximate surface area is 125 Å². The van der Waals surface area contributed by atoms with Gasteiger partial charge in [-0.3, -0.25) is 19.7 Å². The second kappa shape index (κ2) is 8.15. The summed E-state index contributed by atoms with van der Waals surface area (Å²) in [5.74, 6) is -1.54. The van der Waals surface area contributed by atoms with E-state index in [1.54, 1.807) is 6.07 Å². The van der Waals surface area contributed by atoms with Crippen molar-refractivity contribution in [3.63, 3.8) is 0 Å². The van der Waals surface area contributed by atoms with Gasteiger partial charge in [-0.05, 0) is 19.1 Å². The third-order valence-corrected chi connectivity index (χ3v) is 3.46. The minimum absolute atomic E-state index is 0.0237. The molecule has 0 fully saturated rings. The van der Waals surface area contributed by atoms with Crippen molar-refractivity contribution in [3.8, 4) is 0 Å². The van der Waals surface area contributed by atoms with Crippen LogP contribution in [0.1, 0.15) is 27.4 Å². The number of thiophene rings is 1. The molecule has 0 bridgehead atoms. The van der Waals surface area contributed by atoms with E-state index in [0.717, 1.165) is 4.88 Å². The molecule has 0 aliphatic carbocycles. The number of nitrogens with one attached hydrogen (secondary N) is 2. The van der Waals surface area contributed by atoms with Crippen molar-refractivity contribution < 1.29 is 23.9 Å². The standard InChI is InChI=1S/C13H16N2O5S/c1-8-3-5-10(21-8)9(16)4-6-12(18)20-7-11(17)15-13(19)14-2/h3,5H,4,6-7H2,1-2H3,(H2,14,15,17,19). The van der Waals surface area contributed by atoms with Gasteiger partial charge in [0.25, 0.3) is 5.91 Å². The number of urea groups is 1. The average Bonchev–Trinajstić information content (AvgIpc) is 2.89. The third kappa shape index (κ3) is 6.17. The summed E-state index contributed by atoms with van der Waals surface area (Å²) in [4.78, 5) is 46.7. The molecule has 1 aromatic heterocycles. The van der Waals surface area contributed by atoms with Gasteiger partial charge in [0.2, 0.25) is 0 Å². The molecule has 21 heavy (non-hydrogen) atoms. The number of aryl methyl sites for hydroxylation is 1. The van der Waals surface area contributed by atoms with Gasteiger partial charge in [-0.1, -0.05) is 0 Å². The van der Waals surface area contributed by atoms with Crippen LogP contribution in [0.5, 0.6) is 0 Å². The lowest BCUT2D eigenvalue weighted by Gasteiger charge is -2.04. The van der Waals surface area contributed by atoms with Crippen LogP contribution in [0, 0.1) is 6.92 Å². The fourth-order valence-electron chi connectivity index (χ4n) is 1.37. The maximum absolute atomic E-state index is 11.8. The SMILES string of the molecule is CNC(=O)NC(=O)COC(=O)CCC(=O)c1ccc(C)s1. The summed E-state index contributed by atoms with van der Waals surface area (Å²) >= 11 is 1.36. The first-order valence-electron chi connectivity index (χ1n) is 6.19. The summed E-state index contributed by atoms with van der Waals surface area (Å²) in [5.41, 5.74) is 0. The number of carbonyl (C=O) groups is 4. The topological polar surface area (TPSA) is 102 Å². The zero-order chi connectivity index (χ0) is 15.8.